The molecule has 0 bridgehead atoms. The van der Waals surface area contributed by atoms with Gasteiger partial charge in [-0.3, -0.25) is 0 Å². The quantitative estimate of drug-likeness (QED) is 0.429. The standard InChI is InChI=1S/C17H9Cl3N2/c18-17(19,20)16-21-14-9-5-4-8-13(14)15(22-16)11-10-12-6-2-1-3-7-12/h1-9H. The SMILES string of the molecule is ClC(Cl)(Cl)c1nc(C#Cc2ccccc2)c2ccccc2n1. The molecule has 0 radical (unpaired) electrons. The fraction of sp³-hybridized carbons (Fsp3) is 0.0588. The Kier molecular flexibility index (Phi) is 4.22. The van der Waals surface area contributed by atoms with Gasteiger partial charge in [0.25, 0.3) is 0 Å². The molecule has 2 aromatic carbocycles. The Morgan fingerprint density at radius 3 is 2.18 bits per heavy atom. The fourth-order valence-corrected chi connectivity index (χ4v) is 2.21. The van der Waals surface area contributed by atoms with Crippen LogP contribution in [0.2, 0.25) is 0 Å². The zero-order valence-electron chi connectivity index (χ0n) is 11.2. The lowest BCUT2D eigenvalue weighted by molar-refractivity contribution is 0.987. The number of benzene rings is 2. The molecule has 0 saturated carbocycles. The summed E-state index contributed by atoms with van der Waals surface area (Å²) in [6.07, 6.45) is 0. The number of alkyl halides is 3. The molecule has 3 aromatic rings. The molecule has 1 heterocycles. The molecular formula is C17H9Cl3N2. The molecule has 0 spiro atoms. The van der Waals surface area contributed by atoms with Crippen molar-refractivity contribution in [3.8, 4) is 11.8 Å². The van der Waals surface area contributed by atoms with Crippen molar-refractivity contribution < 1.29 is 0 Å². The number of para-hydroxylation sites is 1. The zero-order chi connectivity index (χ0) is 15.6. The molecule has 108 valence electrons. The predicted octanol–water partition coefficient (Wildman–Crippen LogP) is 4.86. The highest BCUT2D eigenvalue weighted by atomic mass is 35.6. The molecule has 0 fully saturated rings. The first-order valence-electron chi connectivity index (χ1n) is 6.45. The maximum atomic E-state index is 5.91. The number of hydrogen-bond donors (Lipinski definition) is 0. The number of halogens is 3. The van der Waals surface area contributed by atoms with Crippen LogP contribution < -0.4 is 0 Å². The molecule has 0 amide bonds. The summed E-state index contributed by atoms with van der Waals surface area (Å²) in [7, 11) is 0. The van der Waals surface area contributed by atoms with Crippen LogP contribution in [0.15, 0.2) is 54.6 Å². The second-order valence-electron chi connectivity index (χ2n) is 4.53. The van der Waals surface area contributed by atoms with Crippen molar-refractivity contribution >= 4 is 45.7 Å². The summed E-state index contributed by atoms with van der Waals surface area (Å²) in [5.74, 6) is 6.22. The highest BCUT2D eigenvalue weighted by Crippen LogP contribution is 2.36. The molecule has 5 heteroatoms. The number of fused-ring (bicyclic) bond motifs is 1. The summed E-state index contributed by atoms with van der Waals surface area (Å²) in [6.45, 7) is 0. The average Bonchev–Trinajstić information content (AvgIpc) is 2.52. The van der Waals surface area contributed by atoms with Gasteiger partial charge in [0.2, 0.25) is 3.79 Å². The van der Waals surface area contributed by atoms with Gasteiger partial charge in [-0.15, -0.1) is 0 Å². The summed E-state index contributed by atoms with van der Waals surface area (Å²) in [4.78, 5) is 8.59. The molecule has 0 aliphatic carbocycles. The molecule has 0 atom stereocenters. The number of rotatable bonds is 0. The van der Waals surface area contributed by atoms with Crippen molar-refractivity contribution in [3.63, 3.8) is 0 Å². The summed E-state index contributed by atoms with van der Waals surface area (Å²) >= 11 is 17.7. The van der Waals surface area contributed by atoms with E-state index in [4.69, 9.17) is 34.8 Å². The van der Waals surface area contributed by atoms with Gasteiger partial charge in [-0.2, -0.15) is 0 Å². The minimum Gasteiger partial charge on any atom is -0.228 e. The van der Waals surface area contributed by atoms with Gasteiger partial charge in [-0.1, -0.05) is 71.1 Å². The first kappa shape index (κ1) is 15.1. The zero-order valence-corrected chi connectivity index (χ0v) is 13.5. The van der Waals surface area contributed by atoms with E-state index in [1.54, 1.807) is 0 Å². The first-order valence-corrected chi connectivity index (χ1v) is 7.58. The molecule has 22 heavy (non-hydrogen) atoms. The van der Waals surface area contributed by atoms with Gasteiger partial charge in [-0.25, -0.2) is 9.97 Å². The van der Waals surface area contributed by atoms with E-state index < -0.39 is 3.79 Å². The molecule has 0 saturated heterocycles. The van der Waals surface area contributed by atoms with E-state index in [-0.39, 0.29) is 5.82 Å². The molecule has 1 aromatic heterocycles. The minimum atomic E-state index is -1.69. The first-order chi connectivity index (χ1) is 10.5. The predicted molar refractivity (Wildman–Crippen MR) is 91.2 cm³/mol. The van der Waals surface area contributed by atoms with Crippen LogP contribution in [-0.4, -0.2) is 9.97 Å². The van der Waals surface area contributed by atoms with Crippen LogP contribution >= 0.6 is 34.8 Å². The van der Waals surface area contributed by atoms with E-state index in [2.05, 4.69) is 21.8 Å². The largest absolute Gasteiger partial charge is 0.250 e. The van der Waals surface area contributed by atoms with Gasteiger partial charge < -0.3 is 0 Å². The van der Waals surface area contributed by atoms with Gasteiger partial charge in [0.05, 0.1) is 5.52 Å². The van der Waals surface area contributed by atoms with Crippen LogP contribution in [0.4, 0.5) is 0 Å². The van der Waals surface area contributed by atoms with E-state index in [0.29, 0.717) is 11.2 Å². The van der Waals surface area contributed by atoms with Crippen LogP contribution in [0.25, 0.3) is 10.9 Å². The van der Waals surface area contributed by atoms with E-state index in [9.17, 15) is 0 Å². The van der Waals surface area contributed by atoms with E-state index in [1.165, 1.54) is 0 Å². The van der Waals surface area contributed by atoms with Crippen molar-refractivity contribution in [2.45, 2.75) is 3.79 Å². The van der Waals surface area contributed by atoms with Crippen LogP contribution in [0.5, 0.6) is 0 Å². The second kappa shape index (κ2) is 6.14. The van der Waals surface area contributed by atoms with E-state index in [0.717, 1.165) is 10.9 Å². The summed E-state index contributed by atoms with van der Waals surface area (Å²) < 4.78 is -1.69. The highest BCUT2D eigenvalue weighted by Gasteiger charge is 2.27. The minimum absolute atomic E-state index is 0.119. The van der Waals surface area contributed by atoms with Crippen LogP contribution in [-0.2, 0) is 3.79 Å². The monoisotopic (exact) mass is 346 g/mol. The molecule has 2 nitrogen and oxygen atoms in total. The summed E-state index contributed by atoms with van der Waals surface area (Å²) in [5.41, 5.74) is 2.12. The van der Waals surface area contributed by atoms with Gasteiger partial charge in [-0.05, 0) is 30.2 Å². The lowest BCUT2D eigenvalue weighted by Crippen LogP contribution is -2.08. The van der Waals surface area contributed by atoms with Crippen molar-refractivity contribution in [1.29, 1.82) is 0 Å². The Morgan fingerprint density at radius 1 is 0.773 bits per heavy atom. The third kappa shape index (κ3) is 3.34. The van der Waals surface area contributed by atoms with Gasteiger partial charge in [0, 0.05) is 10.9 Å². The van der Waals surface area contributed by atoms with Crippen LogP contribution in [0.1, 0.15) is 17.1 Å². The van der Waals surface area contributed by atoms with E-state index >= 15 is 0 Å². The smallest absolute Gasteiger partial charge is 0.228 e. The van der Waals surface area contributed by atoms with Crippen molar-refractivity contribution in [2.24, 2.45) is 0 Å². The van der Waals surface area contributed by atoms with E-state index in [1.807, 2.05) is 54.6 Å². The maximum absolute atomic E-state index is 5.91. The fourth-order valence-electron chi connectivity index (χ4n) is 1.95. The van der Waals surface area contributed by atoms with Gasteiger partial charge in [0.15, 0.2) is 5.82 Å². The van der Waals surface area contributed by atoms with Gasteiger partial charge in [0.1, 0.15) is 5.69 Å². The number of hydrogen-bond acceptors (Lipinski definition) is 2. The molecule has 0 aliphatic rings. The third-order valence-electron chi connectivity index (χ3n) is 2.96. The third-order valence-corrected chi connectivity index (χ3v) is 3.46. The second-order valence-corrected chi connectivity index (χ2v) is 6.81. The molecule has 0 aliphatic heterocycles. The Bertz CT molecular complexity index is 875. The van der Waals surface area contributed by atoms with Crippen molar-refractivity contribution in [1.82, 2.24) is 9.97 Å². The summed E-state index contributed by atoms with van der Waals surface area (Å²) in [6, 6.07) is 17.1. The Morgan fingerprint density at radius 2 is 1.45 bits per heavy atom. The Labute approximate surface area is 143 Å². The van der Waals surface area contributed by atoms with Crippen molar-refractivity contribution in [2.75, 3.05) is 0 Å². The Hall–Kier alpha value is -1.79. The van der Waals surface area contributed by atoms with Crippen LogP contribution in [0.3, 0.4) is 0 Å². The van der Waals surface area contributed by atoms with Crippen LogP contribution in [0, 0.1) is 11.8 Å². The lowest BCUT2D eigenvalue weighted by Gasteiger charge is -2.10. The highest BCUT2D eigenvalue weighted by molar-refractivity contribution is 6.66. The average molecular weight is 348 g/mol. The normalized spacial score (nSPS) is 11.0. The maximum Gasteiger partial charge on any atom is 0.250 e. The van der Waals surface area contributed by atoms with Crippen molar-refractivity contribution in [3.05, 3.63) is 71.7 Å². The Balaban J connectivity index is 2.18. The number of aromatic nitrogens is 2. The summed E-state index contributed by atoms with van der Waals surface area (Å²) in [5, 5.41) is 0.823. The molecule has 3 rings (SSSR count). The van der Waals surface area contributed by atoms with Gasteiger partial charge >= 0.3 is 0 Å². The topological polar surface area (TPSA) is 25.8 Å². The number of nitrogens with zero attached hydrogens (tertiary/aromatic N) is 2. The molecule has 0 unspecified atom stereocenters. The molecular weight excluding hydrogens is 339 g/mol. The lowest BCUT2D eigenvalue weighted by atomic mass is 10.1. The molecule has 0 N–H and O–H groups in total.